The summed E-state index contributed by atoms with van der Waals surface area (Å²) in [6, 6.07) is 13.4. The molecule has 0 saturated heterocycles. The molecule has 0 bridgehead atoms. The minimum absolute atomic E-state index is 0.0132. The fraction of sp³-hybridized carbons (Fsp3) is 0.0400. The number of phenolic OH excluding ortho intramolecular Hbond substituents is 3. The van der Waals surface area contributed by atoms with Crippen molar-refractivity contribution in [2.45, 2.75) is 0 Å². The van der Waals surface area contributed by atoms with Gasteiger partial charge in [0.2, 0.25) is 11.2 Å². The number of hydrogen-bond donors (Lipinski definition) is 3. The highest BCUT2D eigenvalue weighted by Crippen LogP contribution is 2.36. The Morgan fingerprint density at radius 2 is 1.67 bits per heavy atom. The predicted molar refractivity (Wildman–Crippen MR) is 119 cm³/mol. The van der Waals surface area contributed by atoms with Crippen LogP contribution in [-0.4, -0.2) is 27.7 Å². The smallest absolute Gasteiger partial charge is 0.239 e. The number of fused-ring (bicyclic) bond motifs is 1. The van der Waals surface area contributed by atoms with Crippen LogP contribution >= 0.6 is 0 Å². The zero-order valence-electron chi connectivity index (χ0n) is 17.0. The number of halogens is 1. The molecule has 0 aliphatic heterocycles. The Bertz CT molecular complexity index is 1420. The van der Waals surface area contributed by atoms with Gasteiger partial charge in [0, 0.05) is 17.7 Å². The number of carbonyl (C=O) groups is 1. The first kappa shape index (κ1) is 21.6. The van der Waals surface area contributed by atoms with Gasteiger partial charge in [0.15, 0.2) is 18.2 Å². The summed E-state index contributed by atoms with van der Waals surface area (Å²) < 4.78 is 24.3. The van der Waals surface area contributed by atoms with E-state index in [1.54, 1.807) is 0 Å². The highest BCUT2D eigenvalue weighted by Gasteiger charge is 2.21. The normalized spacial score (nSPS) is 11.2. The lowest BCUT2D eigenvalue weighted by Crippen LogP contribution is -2.15. The van der Waals surface area contributed by atoms with E-state index in [0.717, 1.165) is 6.07 Å². The van der Waals surface area contributed by atoms with Crippen molar-refractivity contribution in [2.75, 3.05) is 6.61 Å². The number of phenols is 3. The highest BCUT2D eigenvalue weighted by atomic mass is 19.1. The van der Waals surface area contributed by atoms with Crippen LogP contribution in [0.4, 0.5) is 4.39 Å². The predicted octanol–water partition coefficient (Wildman–Crippen LogP) is 4.38. The van der Waals surface area contributed by atoms with Crippen molar-refractivity contribution in [2.24, 2.45) is 0 Å². The molecule has 166 valence electrons. The molecule has 33 heavy (non-hydrogen) atoms. The summed E-state index contributed by atoms with van der Waals surface area (Å²) >= 11 is 0. The Kier molecular flexibility index (Phi) is 5.82. The van der Waals surface area contributed by atoms with Crippen LogP contribution in [0.1, 0.15) is 5.56 Å². The average molecular weight is 448 g/mol. The van der Waals surface area contributed by atoms with Gasteiger partial charge in [-0.2, -0.15) is 0 Å². The minimum Gasteiger partial charge on any atom is -0.508 e. The van der Waals surface area contributed by atoms with Gasteiger partial charge in [-0.05, 0) is 48.0 Å². The van der Waals surface area contributed by atoms with Crippen molar-refractivity contribution in [1.82, 2.24) is 0 Å². The van der Waals surface area contributed by atoms with E-state index in [1.165, 1.54) is 66.7 Å². The summed E-state index contributed by atoms with van der Waals surface area (Å²) in [4.78, 5) is 25.4. The molecular formula is C25H17FO7. The van der Waals surface area contributed by atoms with E-state index in [9.17, 15) is 29.3 Å². The van der Waals surface area contributed by atoms with Crippen LogP contribution < -0.4 is 10.2 Å². The van der Waals surface area contributed by atoms with Crippen molar-refractivity contribution >= 4 is 22.8 Å². The molecule has 0 saturated carbocycles. The molecule has 0 aliphatic carbocycles. The Morgan fingerprint density at radius 1 is 0.970 bits per heavy atom. The van der Waals surface area contributed by atoms with Gasteiger partial charge >= 0.3 is 0 Å². The van der Waals surface area contributed by atoms with Gasteiger partial charge in [-0.25, -0.2) is 4.39 Å². The second-order valence-electron chi connectivity index (χ2n) is 7.11. The molecule has 0 radical (unpaired) electrons. The summed E-state index contributed by atoms with van der Waals surface area (Å²) in [5.41, 5.74) is 0.131. The average Bonchev–Trinajstić information content (AvgIpc) is 2.78. The fourth-order valence-electron chi connectivity index (χ4n) is 3.16. The van der Waals surface area contributed by atoms with Crippen LogP contribution in [0.25, 0.3) is 28.4 Å². The number of aromatic hydroxyl groups is 3. The largest absolute Gasteiger partial charge is 0.508 e. The zero-order chi connectivity index (χ0) is 23.5. The fourth-order valence-corrected chi connectivity index (χ4v) is 3.16. The zero-order valence-corrected chi connectivity index (χ0v) is 17.0. The molecule has 4 rings (SSSR count). The second-order valence-corrected chi connectivity index (χ2v) is 7.11. The standard InChI is InChI=1S/C25H17FO7/c26-16-6-1-14(2-7-16)3-8-18(28)13-32-25-23(31)22-20(30)11-19(29)12-21(22)33-24(25)15-4-9-17(27)10-5-15/h1-12,27,29-30H,13H2/b8-3+. The summed E-state index contributed by atoms with van der Waals surface area (Å²) in [6.45, 7) is -0.516. The monoisotopic (exact) mass is 448 g/mol. The van der Waals surface area contributed by atoms with Crippen LogP contribution in [0.3, 0.4) is 0 Å². The maximum absolute atomic E-state index is 13.1. The van der Waals surface area contributed by atoms with E-state index in [0.29, 0.717) is 11.1 Å². The van der Waals surface area contributed by atoms with Gasteiger partial charge in [-0.15, -0.1) is 0 Å². The number of rotatable bonds is 6. The molecule has 4 aromatic rings. The van der Waals surface area contributed by atoms with Crippen molar-refractivity contribution in [3.05, 3.63) is 88.3 Å². The summed E-state index contributed by atoms with van der Waals surface area (Å²) in [7, 11) is 0. The third-order valence-electron chi connectivity index (χ3n) is 4.74. The lowest BCUT2D eigenvalue weighted by atomic mass is 10.1. The number of benzene rings is 3. The second kappa shape index (κ2) is 8.88. The van der Waals surface area contributed by atoms with E-state index in [4.69, 9.17) is 9.15 Å². The summed E-state index contributed by atoms with van der Waals surface area (Å²) in [6.07, 6.45) is 2.70. The molecule has 3 N–H and O–H groups in total. The number of hydrogen-bond acceptors (Lipinski definition) is 7. The molecule has 0 fully saturated rings. The van der Waals surface area contributed by atoms with Crippen molar-refractivity contribution < 1.29 is 33.7 Å². The molecule has 0 unspecified atom stereocenters. The Hall–Kier alpha value is -4.59. The van der Waals surface area contributed by atoms with Crippen LogP contribution in [0.2, 0.25) is 0 Å². The molecule has 1 aromatic heterocycles. The summed E-state index contributed by atoms with van der Waals surface area (Å²) in [5.74, 6) is -2.09. The molecule has 7 nitrogen and oxygen atoms in total. The number of carbonyl (C=O) groups excluding carboxylic acids is 1. The van der Waals surface area contributed by atoms with E-state index in [-0.39, 0.29) is 34.0 Å². The van der Waals surface area contributed by atoms with E-state index >= 15 is 0 Å². The van der Waals surface area contributed by atoms with E-state index < -0.39 is 29.4 Å². The van der Waals surface area contributed by atoms with E-state index in [1.807, 2.05) is 0 Å². The van der Waals surface area contributed by atoms with Gasteiger partial charge in [-0.3, -0.25) is 9.59 Å². The van der Waals surface area contributed by atoms with Crippen LogP contribution in [0, 0.1) is 5.82 Å². The maximum Gasteiger partial charge on any atom is 0.239 e. The van der Waals surface area contributed by atoms with Crippen LogP contribution in [-0.2, 0) is 4.79 Å². The van der Waals surface area contributed by atoms with Crippen molar-refractivity contribution in [3.63, 3.8) is 0 Å². The highest BCUT2D eigenvalue weighted by molar-refractivity contribution is 5.95. The van der Waals surface area contributed by atoms with Gasteiger partial charge < -0.3 is 24.5 Å². The van der Waals surface area contributed by atoms with Crippen molar-refractivity contribution in [1.29, 1.82) is 0 Å². The van der Waals surface area contributed by atoms with Gasteiger partial charge in [0.1, 0.15) is 34.0 Å². The third-order valence-corrected chi connectivity index (χ3v) is 4.74. The third kappa shape index (κ3) is 4.69. The summed E-state index contributed by atoms with van der Waals surface area (Å²) in [5, 5.41) is 29.2. The first-order valence-electron chi connectivity index (χ1n) is 9.73. The first-order valence-corrected chi connectivity index (χ1v) is 9.73. The van der Waals surface area contributed by atoms with Gasteiger partial charge in [-0.1, -0.05) is 18.2 Å². The lowest BCUT2D eigenvalue weighted by molar-refractivity contribution is -0.116. The molecular weight excluding hydrogens is 431 g/mol. The number of ether oxygens (including phenoxy) is 1. The first-order chi connectivity index (χ1) is 15.8. The number of ketones is 1. The van der Waals surface area contributed by atoms with Crippen LogP contribution in [0.5, 0.6) is 23.0 Å². The Labute approximate surface area is 186 Å². The molecule has 8 heteroatoms. The quantitative estimate of drug-likeness (QED) is 0.375. The SMILES string of the molecule is O=C(/C=C/c1ccc(F)cc1)COc1c(-c2ccc(O)cc2)oc2cc(O)cc(O)c2c1=O. The molecule has 1 heterocycles. The van der Waals surface area contributed by atoms with Gasteiger partial charge in [0.05, 0.1) is 0 Å². The van der Waals surface area contributed by atoms with Crippen LogP contribution in [0.15, 0.2) is 76.0 Å². The molecule has 0 atom stereocenters. The maximum atomic E-state index is 13.1. The van der Waals surface area contributed by atoms with Gasteiger partial charge in [0.25, 0.3) is 0 Å². The van der Waals surface area contributed by atoms with Crippen molar-refractivity contribution in [3.8, 4) is 34.3 Å². The molecule has 0 spiro atoms. The topological polar surface area (TPSA) is 117 Å². The molecule has 0 aliphatic rings. The Balaban J connectivity index is 1.70. The van der Waals surface area contributed by atoms with E-state index in [2.05, 4.69) is 0 Å². The Morgan fingerprint density at radius 3 is 2.36 bits per heavy atom. The minimum atomic E-state index is -0.743. The molecule has 3 aromatic carbocycles. The molecule has 0 amide bonds. The lowest BCUT2D eigenvalue weighted by Gasteiger charge is -2.12.